The Morgan fingerprint density at radius 1 is 1.64 bits per heavy atom. The van der Waals surface area contributed by atoms with Gasteiger partial charge in [0.1, 0.15) is 9.87 Å². The molecule has 1 rings (SSSR count). The number of rotatable bonds is 3. The van der Waals surface area contributed by atoms with Gasteiger partial charge < -0.3 is 15.6 Å². The van der Waals surface area contributed by atoms with Gasteiger partial charge in [-0.2, -0.15) is 0 Å². The van der Waals surface area contributed by atoms with Crippen LogP contribution in [0.15, 0.2) is 0 Å². The van der Waals surface area contributed by atoms with E-state index in [9.17, 15) is 4.79 Å². The summed E-state index contributed by atoms with van der Waals surface area (Å²) in [7, 11) is 1.46. The number of carboxylic acids is 1. The molecule has 0 spiro atoms. The van der Waals surface area contributed by atoms with E-state index in [1.807, 2.05) is 0 Å². The van der Waals surface area contributed by atoms with Crippen molar-refractivity contribution in [2.45, 2.75) is 6.92 Å². The molecule has 0 atom stereocenters. The summed E-state index contributed by atoms with van der Waals surface area (Å²) in [4.78, 5) is 11.2. The largest absolute Gasteiger partial charge is 0.487 e. The number of hydrogen-bond donors (Lipinski definition) is 2. The SMILES string of the molecule is COc1sc(C(=O)O)c(C)c1C(N)=S. The second kappa shape index (κ2) is 3.93. The minimum atomic E-state index is -0.992. The van der Waals surface area contributed by atoms with Crippen LogP contribution in [0.1, 0.15) is 20.8 Å². The Kier molecular flexibility index (Phi) is 3.07. The highest BCUT2D eigenvalue weighted by molar-refractivity contribution is 7.80. The average Bonchev–Trinajstić information content (AvgIpc) is 2.42. The van der Waals surface area contributed by atoms with Crippen LogP contribution in [0, 0.1) is 6.92 Å². The number of aromatic carboxylic acids is 1. The fourth-order valence-corrected chi connectivity index (χ4v) is 2.41. The summed E-state index contributed by atoms with van der Waals surface area (Å²) in [6.45, 7) is 1.66. The molecule has 0 fully saturated rings. The molecule has 1 heterocycles. The summed E-state index contributed by atoms with van der Waals surface area (Å²) < 4.78 is 5.01. The van der Waals surface area contributed by atoms with E-state index >= 15 is 0 Å². The third-order valence-corrected chi connectivity index (χ3v) is 3.19. The zero-order valence-corrected chi connectivity index (χ0v) is 9.29. The molecule has 0 aromatic carbocycles. The summed E-state index contributed by atoms with van der Waals surface area (Å²) >= 11 is 5.85. The summed E-state index contributed by atoms with van der Waals surface area (Å²) in [5.41, 5.74) is 6.55. The highest BCUT2D eigenvalue weighted by Crippen LogP contribution is 2.34. The first-order valence-corrected chi connectivity index (χ1v) is 4.92. The van der Waals surface area contributed by atoms with Crippen molar-refractivity contribution < 1.29 is 14.6 Å². The second-order valence-electron chi connectivity index (χ2n) is 2.59. The number of carboxylic acid groups (broad SMARTS) is 1. The van der Waals surface area contributed by atoms with Gasteiger partial charge in [0.05, 0.1) is 12.7 Å². The molecule has 6 heteroatoms. The van der Waals surface area contributed by atoms with E-state index in [1.165, 1.54) is 7.11 Å². The third kappa shape index (κ3) is 1.71. The molecule has 4 nitrogen and oxygen atoms in total. The molecule has 1 aromatic heterocycles. The van der Waals surface area contributed by atoms with Crippen LogP contribution < -0.4 is 10.5 Å². The van der Waals surface area contributed by atoms with Crippen LogP contribution in [-0.4, -0.2) is 23.2 Å². The zero-order valence-electron chi connectivity index (χ0n) is 7.66. The smallest absolute Gasteiger partial charge is 0.346 e. The van der Waals surface area contributed by atoms with Gasteiger partial charge in [0.15, 0.2) is 5.06 Å². The van der Waals surface area contributed by atoms with Crippen LogP contribution in [0.5, 0.6) is 5.06 Å². The Balaban J connectivity index is 3.40. The lowest BCUT2D eigenvalue weighted by atomic mass is 10.1. The van der Waals surface area contributed by atoms with Crippen LogP contribution >= 0.6 is 23.6 Å². The maximum absolute atomic E-state index is 10.8. The highest BCUT2D eigenvalue weighted by atomic mass is 32.1. The monoisotopic (exact) mass is 231 g/mol. The fourth-order valence-electron chi connectivity index (χ4n) is 1.12. The highest BCUT2D eigenvalue weighted by Gasteiger charge is 2.21. The normalized spacial score (nSPS) is 9.86. The minimum Gasteiger partial charge on any atom is -0.487 e. The number of thiophene rings is 1. The third-order valence-electron chi connectivity index (χ3n) is 1.74. The van der Waals surface area contributed by atoms with Crippen molar-refractivity contribution in [1.29, 1.82) is 0 Å². The number of hydrogen-bond acceptors (Lipinski definition) is 4. The lowest BCUT2D eigenvalue weighted by Gasteiger charge is -2.00. The van der Waals surface area contributed by atoms with Crippen LogP contribution in [0.2, 0.25) is 0 Å². The van der Waals surface area contributed by atoms with Gasteiger partial charge in [0, 0.05) is 0 Å². The summed E-state index contributed by atoms with van der Waals surface area (Å²) in [5, 5.41) is 9.30. The Labute approximate surface area is 90.3 Å². The maximum Gasteiger partial charge on any atom is 0.346 e. The van der Waals surface area contributed by atoms with E-state index in [0.29, 0.717) is 16.2 Å². The van der Waals surface area contributed by atoms with Gasteiger partial charge in [0.2, 0.25) is 0 Å². The first-order chi connectivity index (χ1) is 6.49. The maximum atomic E-state index is 10.8. The number of carbonyl (C=O) groups is 1. The number of nitrogens with two attached hydrogens (primary N) is 1. The second-order valence-corrected chi connectivity index (χ2v) is 4.02. The van der Waals surface area contributed by atoms with E-state index in [4.69, 9.17) is 27.8 Å². The lowest BCUT2D eigenvalue weighted by molar-refractivity contribution is 0.0701. The van der Waals surface area contributed by atoms with Gasteiger partial charge in [-0.3, -0.25) is 0 Å². The Morgan fingerprint density at radius 3 is 2.50 bits per heavy atom. The summed E-state index contributed by atoms with van der Waals surface area (Å²) in [5.74, 6) is -0.992. The zero-order chi connectivity index (χ0) is 10.9. The number of thiocarbonyl (C=S) groups is 1. The molecule has 3 N–H and O–H groups in total. The topological polar surface area (TPSA) is 72.5 Å². The molecule has 0 saturated carbocycles. The molecule has 0 radical (unpaired) electrons. The van der Waals surface area contributed by atoms with Crippen molar-refractivity contribution in [1.82, 2.24) is 0 Å². The van der Waals surface area contributed by atoms with Crippen molar-refractivity contribution in [3.63, 3.8) is 0 Å². The predicted molar refractivity (Wildman–Crippen MR) is 58.5 cm³/mol. The van der Waals surface area contributed by atoms with Crippen LogP contribution in [0.4, 0.5) is 0 Å². The van der Waals surface area contributed by atoms with Crippen molar-refractivity contribution in [2.75, 3.05) is 7.11 Å². The van der Waals surface area contributed by atoms with Gasteiger partial charge in [-0.1, -0.05) is 23.6 Å². The van der Waals surface area contributed by atoms with Crippen LogP contribution in [0.25, 0.3) is 0 Å². The summed E-state index contributed by atoms with van der Waals surface area (Å²) in [6, 6.07) is 0. The summed E-state index contributed by atoms with van der Waals surface area (Å²) in [6.07, 6.45) is 0. The first kappa shape index (κ1) is 10.9. The number of methoxy groups -OCH3 is 1. The van der Waals surface area contributed by atoms with Crippen molar-refractivity contribution >= 4 is 34.5 Å². The first-order valence-electron chi connectivity index (χ1n) is 3.69. The minimum absolute atomic E-state index is 0.156. The van der Waals surface area contributed by atoms with E-state index in [2.05, 4.69) is 0 Å². The van der Waals surface area contributed by atoms with Gasteiger partial charge in [-0.15, -0.1) is 0 Å². The Morgan fingerprint density at radius 2 is 2.21 bits per heavy atom. The molecule has 0 aliphatic heterocycles. The van der Waals surface area contributed by atoms with Gasteiger partial charge >= 0.3 is 5.97 Å². The van der Waals surface area contributed by atoms with E-state index in [-0.39, 0.29) is 9.87 Å². The molecule has 0 saturated heterocycles. The molecule has 0 bridgehead atoms. The van der Waals surface area contributed by atoms with Crippen LogP contribution in [-0.2, 0) is 0 Å². The molecule has 76 valence electrons. The molecule has 0 unspecified atom stereocenters. The standard InChI is InChI=1S/C8H9NO3S2/c1-3-4(6(9)13)8(12-2)14-5(3)7(10)11/h1-2H3,(H2,9,13)(H,10,11). The van der Waals surface area contributed by atoms with Gasteiger partial charge in [-0.25, -0.2) is 4.79 Å². The molecule has 0 aliphatic carbocycles. The molecular weight excluding hydrogens is 222 g/mol. The number of ether oxygens (including phenoxy) is 1. The lowest BCUT2D eigenvalue weighted by Crippen LogP contribution is -2.11. The Hall–Kier alpha value is -1.14. The van der Waals surface area contributed by atoms with Crippen molar-refractivity contribution in [3.8, 4) is 5.06 Å². The van der Waals surface area contributed by atoms with E-state index in [1.54, 1.807) is 6.92 Å². The molecule has 0 aliphatic rings. The van der Waals surface area contributed by atoms with E-state index in [0.717, 1.165) is 11.3 Å². The van der Waals surface area contributed by atoms with Gasteiger partial charge in [-0.05, 0) is 12.5 Å². The average molecular weight is 231 g/mol. The Bertz CT molecular complexity index is 398. The molecule has 0 amide bonds. The fraction of sp³-hybridized carbons (Fsp3) is 0.250. The molecule has 14 heavy (non-hydrogen) atoms. The van der Waals surface area contributed by atoms with Gasteiger partial charge in [0.25, 0.3) is 0 Å². The van der Waals surface area contributed by atoms with E-state index < -0.39 is 5.97 Å². The molecule has 1 aromatic rings. The van der Waals surface area contributed by atoms with Crippen molar-refractivity contribution in [3.05, 3.63) is 16.0 Å². The van der Waals surface area contributed by atoms with Crippen LogP contribution in [0.3, 0.4) is 0 Å². The predicted octanol–water partition coefficient (Wildman–Crippen LogP) is 1.40. The quantitative estimate of drug-likeness (QED) is 0.769. The van der Waals surface area contributed by atoms with Crippen molar-refractivity contribution in [2.24, 2.45) is 5.73 Å². The molecular formula is C8H9NO3S2.